The van der Waals surface area contributed by atoms with Crippen LogP contribution in [0.25, 0.3) is 0 Å². The molecule has 0 bridgehead atoms. The highest BCUT2D eigenvalue weighted by Gasteiger charge is 2.40. The number of ether oxygens (including phenoxy) is 3. The summed E-state index contributed by atoms with van der Waals surface area (Å²) in [5.41, 5.74) is 0. The Labute approximate surface area is 272 Å². The van der Waals surface area contributed by atoms with Gasteiger partial charge in [-0.3, -0.25) is 9.59 Å². The lowest BCUT2D eigenvalue weighted by Gasteiger charge is -2.24. The van der Waals surface area contributed by atoms with Crippen LogP contribution in [0.4, 0.5) is 0 Å². The van der Waals surface area contributed by atoms with E-state index in [0.29, 0.717) is 25.7 Å². The minimum atomic E-state index is -0.491. The van der Waals surface area contributed by atoms with Crippen molar-refractivity contribution in [2.45, 2.75) is 211 Å². The van der Waals surface area contributed by atoms with Crippen molar-refractivity contribution < 1.29 is 38.8 Å². The number of unbranched alkanes of at least 4 members (excludes halogenated alkanes) is 10. The molecule has 2 N–H and O–H groups in total. The molecule has 8 atom stereocenters. The van der Waals surface area contributed by atoms with Gasteiger partial charge in [0.2, 0.25) is 0 Å². The summed E-state index contributed by atoms with van der Waals surface area (Å²) in [6, 6.07) is 0. The summed E-state index contributed by atoms with van der Waals surface area (Å²) in [5.74, 6) is -0.264. The van der Waals surface area contributed by atoms with E-state index in [4.69, 9.17) is 14.2 Å². The highest BCUT2D eigenvalue weighted by molar-refractivity contribution is 5.83. The van der Waals surface area contributed by atoms with Crippen LogP contribution < -0.4 is 0 Å². The number of aliphatic hydroxyl groups is 2. The predicted molar refractivity (Wildman–Crippen MR) is 175 cm³/mol. The van der Waals surface area contributed by atoms with Crippen molar-refractivity contribution in [2.75, 3.05) is 0 Å². The second-order valence-corrected chi connectivity index (χ2v) is 14.3. The van der Waals surface area contributed by atoms with Gasteiger partial charge in [-0.1, -0.05) is 71.1 Å². The average molecular weight is 637 g/mol. The quantitative estimate of drug-likeness (QED) is 0.0790. The third kappa shape index (κ3) is 14.5. The molecule has 1 unspecified atom stereocenters. The Morgan fingerprint density at radius 2 is 1.24 bits per heavy atom. The van der Waals surface area contributed by atoms with Gasteiger partial charge in [-0.25, -0.2) is 0 Å². The van der Waals surface area contributed by atoms with Crippen molar-refractivity contribution in [2.24, 2.45) is 5.92 Å². The second-order valence-electron chi connectivity index (χ2n) is 14.3. The normalized spacial score (nSPS) is 28.0. The maximum atomic E-state index is 12.3. The number of hydrogen-bond acceptors (Lipinski definition) is 8. The molecule has 0 aromatic rings. The fraction of sp³-hybridized carbons (Fsp3) is 0.919. The molecule has 8 heteroatoms. The van der Waals surface area contributed by atoms with Crippen LogP contribution in [-0.4, -0.2) is 70.5 Å². The van der Waals surface area contributed by atoms with Gasteiger partial charge < -0.3 is 29.2 Å². The first kappa shape index (κ1) is 38.1. The molecule has 45 heavy (non-hydrogen) atoms. The van der Waals surface area contributed by atoms with Gasteiger partial charge >= 0.3 is 5.97 Å². The lowest BCUT2D eigenvalue weighted by molar-refractivity contribution is -0.145. The van der Waals surface area contributed by atoms with Crippen LogP contribution in [0.15, 0.2) is 0 Å². The number of hydrogen-bond donors (Lipinski definition) is 2. The van der Waals surface area contributed by atoms with Crippen LogP contribution in [0.3, 0.4) is 0 Å². The fourth-order valence-electron chi connectivity index (χ4n) is 7.43. The van der Waals surface area contributed by atoms with Gasteiger partial charge in [0.15, 0.2) is 0 Å². The van der Waals surface area contributed by atoms with E-state index in [1.807, 2.05) is 0 Å². The average Bonchev–Trinajstić information content (AvgIpc) is 3.77. The van der Waals surface area contributed by atoms with Gasteiger partial charge in [0.25, 0.3) is 0 Å². The molecule has 0 saturated carbocycles. The van der Waals surface area contributed by atoms with Crippen molar-refractivity contribution in [3.63, 3.8) is 0 Å². The maximum absolute atomic E-state index is 12.3. The lowest BCUT2D eigenvalue weighted by Crippen LogP contribution is -2.33. The summed E-state index contributed by atoms with van der Waals surface area (Å²) >= 11 is 0. The Balaban J connectivity index is 1.16. The van der Waals surface area contributed by atoms with Crippen LogP contribution in [-0.2, 0) is 28.6 Å². The molecule has 3 saturated heterocycles. The standard InChI is InChI=1S/C37H64O8/c1-3-4-5-6-7-8-9-12-19-31(40)33-21-23-35(44-33)36-24-22-34(45-36)32(41)20-13-10-11-16-29(39)17-14-15-18-30-26-28(25-27(2)38)37(42)43-30/h28,30-36,40-41H,3-26H2,1-2H3/t28?,30-,31-,32-,33-,34-,35-,36-/m1/s1. The van der Waals surface area contributed by atoms with Gasteiger partial charge in [-0.15, -0.1) is 0 Å². The first-order chi connectivity index (χ1) is 21.8. The number of Topliss-reactive ketones (excluding diaryl/α,β-unsaturated/α-hetero) is 2. The van der Waals surface area contributed by atoms with E-state index < -0.39 is 12.2 Å². The van der Waals surface area contributed by atoms with Crippen molar-refractivity contribution in [1.82, 2.24) is 0 Å². The highest BCUT2D eigenvalue weighted by atomic mass is 16.6. The van der Waals surface area contributed by atoms with E-state index in [-0.39, 0.29) is 60.4 Å². The molecule has 8 nitrogen and oxygen atoms in total. The molecular formula is C37H64O8. The first-order valence-electron chi connectivity index (χ1n) is 18.7. The third-order valence-corrected chi connectivity index (χ3v) is 10.2. The Bertz CT molecular complexity index is 861. The molecular weight excluding hydrogens is 572 g/mol. The minimum absolute atomic E-state index is 0.00489. The number of cyclic esters (lactones) is 1. The third-order valence-electron chi connectivity index (χ3n) is 10.2. The van der Waals surface area contributed by atoms with E-state index in [1.54, 1.807) is 0 Å². The topological polar surface area (TPSA) is 119 Å². The van der Waals surface area contributed by atoms with Crippen LogP contribution in [0.1, 0.15) is 168 Å². The summed E-state index contributed by atoms with van der Waals surface area (Å²) in [5, 5.41) is 21.4. The first-order valence-corrected chi connectivity index (χ1v) is 18.7. The van der Waals surface area contributed by atoms with E-state index in [9.17, 15) is 24.6 Å². The van der Waals surface area contributed by atoms with Crippen LogP contribution in [0.2, 0.25) is 0 Å². The summed E-state index contributed by atoms with van der Waals surface area (Å²) in [6.07, 6.45) is 20.9. The van der Waals surface area contributed by atoms with Crippen molar-refractivity contribution >= 4 is 17.5 Å². The smallest absolute Gasteiger partial charge is 0.309 e. The highest BCUT2D eigenvalue weighted by Crippen LogP contribution is 2.35. The summed E-state index contributed by atoms with van der Waals surface area (Å²) < 4.78 is 17.9. The number of ketones is 2. The molecule has 260 valence electrons. The number of rotatable bonds is 25. The van der Waals surface area contributed by atoms with Crippen LogP contribution in [0, 0.1) is 5.92 Å². The van der Waals surface area contributed by atoms with Gasteiger partial charge in [-0.05, 0) is 77.6 Å². The molecule has 0 spiro atoms. The molecule has 3 aliphatic heterocycles. The van der Waals surface area contributed by atoms with Crippen molar-refractivity contribution in [3.8, 4) is 0 Å². The van der Waals surface area contributed by atoms with Gasteiger partial charge in [-0.2, -0.15) is 0 Å². The molecule has 3 fully saturated rings. The predicted octanol–water partition coefficient (Wildman–Crippen LogP) is 7.33. The SMILES string of the molecule is CCCCCCCCCC[C@@H](O)[C@H]1CC[C@H]([C@H]2CC[C@H]([C@H](O)CCCCCC(=O)CCCC[C@@H]3CC(CC(C)=O)C(=O)O3)O2)O1. The van der Waals surface area contributed by atoms with Crippen LogP contribution in [0.5, 0.6) is 0 Å². The van der Waals surface area contributed by atoms with E-state index in [2.05, 4.69) is 6.92 Å². The summed E-state index contributed by atoms with van der Waals surface area (Å²) in [6.45, 7) is 3.75. The molecule has 0 aromatic heterocycles. The molecule has 3 aliphatic rings. The van der Waals surface area contributed by atoms with Crippen molar-refractivity contribution in [1.29, 1.82) is 0 Å². The second kappa shape index (κ2) is 21.5. The maximum Gasteiger partial charge on any atom is 0.309 e. The minimum Gasteiger partial charge on any atom is -0.462 e. The van der Waals surface area contributed by atoms with Gasteiger partial charge in [0.1, 0.15) is 17.7 Å². The van der Waals surface area contributed by atoms with E-state index in [0.717, 1.165) is 77.0 Å². The zero-order chi connectivity index (χ0) is 32.4. The number of esters is 1. The molecule has 3 heterocycles. The lowest BCUT2D eigenvalue weighted by atomic mass is 9.96. The molecule has 0 aliphatic carbocycles. The zero-order valence-corrected chi connectivity index (χ0v) is 28.4. The van der Waals surface area contributed by atoms with E-state index >= 15 is 0 Å². The summed E-state index contributed by atoms with van der Waals surface area (Å²) in [7, 11) is 0. The van der Waals surface area contributed by atoms with E-state index in [1.165, 1.54) is 51.9 Å². The molecule has 3 rings (SSSR count). The number of carbonyl (C=O) groups excluding carboxylic acids is 3. The number of aliphatic hydroxyl groups excluding tert-OH is 2. The molecule has 0 aromatic carbocycles. The largest absolute Gasteiger partial charge is 0.462 e. The van der Waals surface area contributed by atoms with Crippen LogP contribution >= 0.6 is 0 Å². The Kier molecular flexibility index (Phi) is 18.2. The Morgan fingerprint density at radius 3 is 1.80 bits per heavy atom. The van der Waals surface area contributed by atoms with Gasteiger partial charge in [0, 0.05) is 19.3 Å². The Hall–Kier alpha value is -1.35. The van der Waals surface area contributed by atoms with Crippen molar-refractivity contribution in [3.05, 3.63) is 0 Å². The molecule has 0 radical (unpaired) electrons. The monoisotopic (exact) mass is 636 g/mol. The molecule has 0 amide bonds. The number of carbonyl (C=O) groups is 3. The van der Waals surface area contributed by atoms with Gasteiger partial charge in [0.05, 0.1) is 42.5 Å². The zero-order valence-electron chi connectivity index (χ0n) is 28.4. The fourth-order valence-corrected chi connectivity index (χ4v) is 7.43. The summed E-state index contributed by atoms with van der Waals surface area (Å²) in [4.78, 5) is 35.4. The Morgan fingerprint density at radius 1 is 0.733 bits per heavy atom.